The summed E-state index contributed by atoms with van der Waals surface area (Å²) in [6.45, 7) is -0.489. The lowest BCUT2D eigenvalue weighted by atomic mass is 10.1. The van der Waals surface area contributed by atoms with Gasteiger partial charge in [0.2, 0.25) is 5.91 Å². The second-order valence-corrected chi connectivity index (χ2v) is 5.24. The molecule has 0 saturated carbocycles. The molecule has 2 heterocycles. The van der Waals surface area contributed by atoms with Crippen molar-refractivity contribution in [1.29, 1.82) is 0 Å². The number of halogens is 3. The largest absolute Gasteiger partial charge is 0.348 e. The van der Waals surface area contributed by atoms with Crippen molar-refractivity contribution >= 4 is 17.8 Å². The number of urea groups is 1. The monoisotopic (exact) mass is 352 g/mol. The van der Waals surface area contributed by atoms with Gasteiger partial charge in [-0.3, -0.25) is 19.9 Å². The van der Waals surface area contributed by atoms with Crippen molar-refractivity contribution in [2.45, 2.75) is 13.0 Å². The van der Waals surface area contributed by atoms with Gasteiger partial charge in [0, 0.05) is 36.0 Å². The van der Waals surface area contributed by atoms with Crippen LogP contribution in [0.4, 0.5) is 18.0 Å². The molecule has 2 aliphatic heterocycles. The number of fused-ring (bicyclic) bond motifs is 1. The lowest BCUT2D eigenvalue weighted by Crippen LogP contribution is -2.56. The summed E-state index contributed by atoms with van der Waals surface area (Å²) < 4.78 is 40.0. The van der Waals surface area contributed by atoms with Crippen LogP contribution < -0.4 is 16.1 Å². The fourth-order valence-corrected chi connectivity index (χ4v) is 2.36. The summed E-state index contributed by atoms with van der Waals surface area (Å²) in [5.41, 5.74) is 2.13. The number of imide groups is 1. The number of hydrogen-bond donors (Lipinski definition) is 3. The molecule has 3 rings (SSSR count). The Balaban J connectivity index is 1.70. The highest BCUT2D eigenvalue weighted by atomic mass is 19.1. The molecule has 1 aromatic carbocycles. The van der Waals surface area contributed by atoms with Crippen molar-refractivity contribution in [3.05, 3.63) is 58.7 Å². The first-order valence-electron chi connectivity index (χ1n) is 7.09. The lowest BCUT2D eigenvalue weighted by Gasteiger charge is -2.31. The minimum atomic E-state index is -1.11. The summed E-state index contributed by atoms with van der Waals surface area (Å²) in [6, 6.07) is 0.276. The van der Waals surface area contributed by atoms with Crippen LogP contribution in [0.15, 0.2) is 35.7 Å². The molecule has 1 saturated heterocycles. The fourth-order valence-electron chi connectivity index (χ4n) is 2.36. The Morgan fingerprint density at radius 2 is 1.88 bits per heavy atom. The van der Waals surface area contributed by atoms with Gasteiger partial charge in [-0.2, -0.15) is 0 Å². The molecule has 0 aromatic heterocycles. The molecule has 0 aliphatic carbocycles. The number of nitrogens with zero attached hydrogens (tertiary/aromatic N) is 1. The van der Waals surface area contributed by atoms with E-state index < -0.39 is 47.4 Å². The minimum Gasteiger partial charge on any atom is -0.348 e. The summed E-state index contributed by atoms with van der Waals surface area (Å²) in [6.07, 6.45) is 2.73. The number of carbonyl (C=O) groups is 3. The van der Waals surface area contributed by atoms with E-state index in [0.717, 1.165) is 5.01 Å². The van der Waals surface area contributed by atoms with Crippen molar-refractivity contribution < 1.29 is 27.6 Å². The van der Waals surface area contributed by atoms with Gasteiger partial charge >= 0.3 is 6.03 Å². The zero-order chi connectivity index (χ0) is 18.1. The van der Waals surface area contributed by atoms with Crippen LogP contribution in [0.3, 0.4) is 0 Å². The Hall–Kier alpha value is -3.30. The van der Waals surface area contributed by atoms with Gasteiger partial charge in [-0.15, -0.1) is 0 Å². The van der Waals surface area contributed by atoms with Gasteiger partial charge in [0.05, 0.1) is 0 Å². The quantitative estimate of drug-likeness (QED) is 0.755. The SMILES string of the molecule is O=C1NC(=O)C2=CCC(C(=O)NCc3c(F)cc(F)cc3F)=CN2N1. The van der Waals surface area contributed by atoms with Gasteiger partial charge in [0.25, 0.3) is 5.91 Å². The molecule has 7 nitrogen and oxygen atoms in total. The van der Waals surface area contributed by atoms with Crippen molar-refractivity contribution in [3.63, 3.8) is 0 Å². The maximum Gasteiger partial charge on any atom is 0.340 e. The molecule has 1 aromatic rings. The van der Waals surface area contributed by atoms with E-state index in [2.05, 4.69) is 10.7 Å². The molecular formula is C15H11F3N4O3. The number of hydrazine groups is 1. The van der Waals surface area contributed by atoms with Crippen LogP contribution in [-0.2, 0) is 16.1 Å². The van der Waals surface area contributed by atoms with Crippen LogP contribution in [-0.4, -0.2) is 22.9 Å². The Morgan fingerprint density at radius 3 is 2.56 bits per heavy atom. The van der Waals surface area contributed by atoms with Gasteiger partial charge in [-0.05, 0) is 12.5 Å². The molecule has 0 spiro atoms. The van der Waals surface area contributed by atoms with E-state index in [1.807, 2.05) is 5.32 Å². The normalized spacial score (nSPS) is 16.4. The third kappa shape index (κ3) is 3.32. The van der Waals surface area contributed by atoms with Crippen molar-refractivity contribution in [1.82, 2.24) is 21.1 Å². The Labute approximate surface area is 139 Å². The van der Waals surface area contributed by atoms with Gasteiger partial charge in [-0.25, -0.2) is 23.4 Å². The van der Waals surface area contributed by atoms with Crippen LogP contribution in [0.2, 0.25) is 0 Å². The van der Waals surface area contributed by atoms with E-state index in [1.54, 1.807) is 0 Å². The molecule has 130 valence electrons. The average molecular weight is 352 g/mol. The van der Waals surface area contributed by atoms with E-state index in [9.17, 15) is 27.6 Å². The molecule has 2 aliphatic rings. The number of carbonyl (C=O) groups excluding carboxylic acids is 3. The molecule has 1 fully saturated rings. The number of hydrogen-bond acceptors (Lipinski definition) is 4. The average Bonchev–Trinajstić information content (AvgIpc) is 2.52. The molecule has 10 heteroatoms. The summed E-state index contributed by atoms with van der Waals surface area (Å²) in [5.74, 6) is -4.56. The predicted molar refractivity (Wildman–Crippen MR) is 77.5 cm³/mol. The number of nitrogens with one attached hydrogen (secondary N) is 3. The Kier molecular flexibility index (Phi) is 4.17. The molecular weight excluding hydrogens is 341 g/mol. The van der Waals surface area contributed by atoms with Crippen LogP contribution >= 0.6 is 0 Å². The third-order valence-corrected chi connectivity index (χ3v) is 3.56. The maximum absolute atomic E-state index is 13.6. The van der Waals surface area contributed by atoms with Crippen LogP contribution in [0, 0.1) is 17.5 Å². The highest BCUT2D eigenvalue weighted by molar-refractivity contribution is 6.06. The topological polar surface area (TPSA) is 90.5 Å². The molecule has 4 amide bonds. The molecule has 3 N–H and O–H groups in total. The Morgan fingerprint density at radius 1 is 1.20 bits per heavy atom. The summed E-state index contributed by atoms with van der Waals surface area (Å²) in [7, 11) is 0. The fraction of sp³-hybridized carbons (Fsp3) is 0.133. The first-order valence-corrected chi connectivity index (χ1v) is 7.09. The summed E-state index contributed by atoms with van der Waals surface area (Å²) in [5, 5.41) is 5.43. The summed E-state index contributed by atoms with van der Waals surface area (Å²) >= 11 is 0. The first kappa shape index (κ1) is 16.6. The molecule has 0 atom stereocenters. The van der Waals surface area contributed by atoms with Crippen molar-refractivity contribution in [3.8, 4) is 0 Å². The zero-order valence-electron chi connectivity index (χ0n) is 12.5. The Bertz CT molecular complexity index is 827. The van der Waals surface area contributed by atoms with Crippen molar-refractivity contribution in [2.75, 3.05) is 0 Å². The first-order chi connectivity index (χ1) is 11.8. The van der Waals surface area contributed by atoms with Gasteiger partial charge in [0.15, 0.2) is 0 Å². The van der Waals surface area contributed by atoms with Crippen LogP contribution in [0.25, 0.3) is 0 Å². The second kappa shape index (κ2) is 6.30. The van der Waals surface area contributed by atoms with E-state index in [-0.39, 0.29) is 17.7 Å². The number of amides is 4. The maximum atomic E-state index is 13.6. The van der Waals surface area contributed by atoms with Crippen LogP contribution in [0.5, 0.6) is 0 Å². The smallest absolute Gasteiger partial charge is 0.340 e. The zero-order valence-corrected chi connectivity index (χ0v) is 12.5. The van der Waals surface area contributed by atoms with E-state index in [0.29, 0.717) is 12.1 Å². The van der Waals surface area contributed by atoms with E-state index in [4.69, 9.17) is 0 Å². The van der Waals surface area contributed by atoms with Crippen molar-refractivity contribution in [2.24, 2.45) is 0 Å². The number of rotatable bonds is 3. The molecule has 25 heavy (non-hydrogen) atoms. The highest BCUT2D eigenvalue weighted by Gasteiger charge is 2.29. The second-order valence-electron chi connectivity index (χ2n) is 5.24. The van der Waals surface area contributed by atoms with Gasteiger partial charge < -0.3 is 5.32 Å². The van der Waals surface area contributed by atoms with Gasteiger partial charge in [0.1, 0.15) is 23.1 Å². The number of allylic oxidation sites excluding steroid dienone is 1. The highest BCUT2D eigenvalue weighted by Crippen LogP contribution is 2.20. The van der Waals surface area contributed by atoms with Gasteiger partial charge in [-0.1, -0.05) is 0 Å². The minimum absolute atomic E-state index is 0.0787. The standard InChI is InChI=1S/C15H11F3N4O3/c16-8-3-10(17)9(11(18)4-8)5-19-13(23)7-1-2-12-14(24)20-15(25)21-22(12)6-7/h2-4,6H,1,5H2,(H,19,23)(H2,20,21,24,25). The van der Waals surface area contributed by atoms with E-state index >= 15 is 0 Å². The molecule has 0 unspecified atom stereocenters. The molecule has 0 bridgehead atoms. The number of benzene rings is 1. The van der Waals surface area contributed by atoms with E-state index in [1.165, 1.54) is 12.3 Å². The van der Waals surface area contributed by atoms with Crippen LogP contribution in [0.1, 0.15) is 12.0 Å². The lowest BCUT2D eigenvalue weighted by molar-refractivity contribution is -0.120. The summed E-state index contributed by atoms with van der Waals surface area (Å²) in [4.78, 5) is 35.0. The molecule has 0 radical (unpaired) electrons. The third-order valence-electron chi connectivity index (χ3n) is 3.56. The predicted octanol–water partition coefficient (Wildman–Crippen LogP) is 0.948.